The Hall–Kier alpha value is -2.92. The lowest BCUT2D eigenvalue weighted by atomic mass is 9.78. The SMILES string of the molecule is COC(=O)C[C@H](C1=C(O)c2ccccc2C(=O)C1=O)c1ccccc1Cl. The number of hydrogen-bond acceptors (Lipinski definition) is 5. The van der Waals surface area contributed by atoms with Gasteiger partial charge in [-0.05, 0) is 11.6 Å². The van der Waals surface area contributed by atoms with Crippen LogP contribution in [0.3, 0.4) is 0 Å². The van der Waals surface area contributed by atoms with Gasteiger partial charge in [-0.25, -0.2) is 0 Å². The first kappa shape index (κ1) is 17.9. The van der Waals surface area contributed by atoms with E-state index >= 15 is 0 Å². The number of halogens is 1. The summed E-state index contributed by atoms with van der Waals surface area (Å²) in [6.07, 6.45) is -0.235. The van der Waals surface area contributed by atoms with Crippen molar-refractivity contribution in [2.24, 2.45) is 0 Å². The Morgan fingerprint density at radius 2 is 1.65 bits per heavy atom. The topological polar surface area (TPSA) is 80.7 Å². The molecule has 1 atom stereocenters. The van der Waals surface area contributed by atoms with Gasteiger partial charge in [-0.3, -0.25) is 14.4 Å². The van der Waals surface area contributed by atoms with Gasteiger partial charge in [-0.2, -0.15) is 0 Å². The number of esters is 1. The molecule has 0 aromatic heterocycles. The fraction of sp³-hybridized carbons (Fsp3) is 0.150. The maximum absolute atomic E-state index is 12.7. The number of aliphatic hydroxyl groups excluding tert-OH is 1. The Morgan fingerprint density at radius 3 is 2.31 bits per heavy atom. The molecular weight excluding hydrogens is 356 g/mol. The highest BCUT2D eigenvalue weighted by molar-refractivity contribution is 6.52. The molecular formula is C20H15ClO5. The number of aliphatic hydroxyl groups is 1. The minimum Gasteiger partial charge on any atom is -0.507 e. The first-order chi connectivity index (χ1) is 12.5. The highest BCUT2D eigenvalue weighted by atomic mass is 35.5. The van der Waals surface area contributed by atoms with Crippen molar-refractivity contribution in [2.45, 2.75) is 12.3 Å². The van der Waals surface area contributed by atoms with Crippen LogP contribution < -0.4 is 0 Å². The molecule has 1 N–H and O–H groups in total. The van der Waals surface area contributed by atoms with Crippen LogP contribution >= 0.6 is 11.6 Å². The lowest BCUT2D eigenvalue weighted by Crippen LogP contribution is -2.28. The molecule has 132 valence electrons. The van der Waals surface area contributed by atoms with Crippen LogP contribution in [0.5, 0.6) is 0 Å². The van der Waals surface area contributed by atoms with Crippen molar-refractivity contribution in [1.82, 2.24) is 0 Å². The molecule has 0 saturated heterocycles. The number of benzene rings is 2. The zero-order valence-electron chi connectivity index (χ0n) is 13.9. The van der Waals surface area contributed by atoms with E-state index in [9.17, 15) is 19.5 Å². The summed E-state index contributed by atoms with van der Waals surface area (Å²) in [5.41, 5.74) is 0.706. The van der Waals surface area contributed by atoms with Crippen LogP contribution in [0.15, 0.2) is 54.1 Å². The second-order valence-electron chi connectivity index (χ2n) is 5.82. The first-order valence-electron chi connectivity index (χ1n) is 7.88. The van der Waals surface area contributed by atoms with Crippen LogP contribution in [-0.2, 0) is 14.3 Å². The molecule has 1 aliphatic rings. The zero-order chi connectivity index (χ0) is 18.8. The minimum absolute atomic E-state index is 0.134. The van der Waals surface area contributed by atoms with Gasteiger partial charge in [-0.15, -0.1) is 0 Å². The molecule has 0 radical (unpaired) electrons. The van der Waals surface area contributed by atoms with E-state index in [4.69, 9.17) is 16.3 Å². The predicted octanol–water partition coefficient (Wildman–Crippen LogP) is 3.72. The summed E-state index contributed by atoms with van der Waals surface area (Å²) >= 11 is 6.24. The Kier molecular flexibility index (Phi) is 4.91. The van der Waals surface area contributed by atoms with Crippen molar-refractivity contribution in [3.05, 3.63) is 75.8 Å². The van der Waals surface area contributed by atoms with E-state index in [2.05, 4.69) is 0 Å². The molecule has 0 saturated carbocycles. The number of ether oxygens (including phenoxy) is 1. The molecule has 5 nitrogen and oxygen atoms in total. The number of fused-ring (bicyclic) bond motifs is 1. The van der Waals surface area contributed by atoms with E-state index in [1.807, 2.05) is 0 Å². The van der Waals surface area contributed by atoms with Gasteiger partial charge in [0, 0.05) is 22.1 Å². The van der Waals surface area contributed by atoms with Gasteiger partial charge >= 0.3 is 5.97 Å². The molecule has 3 rings (SSSR count). The Balaban J connectivity index is 2.23. The quantitative estimate of drug-likeness (QED) is 0.655. The summed E-state index contributed by atoms with van der Waals surface area (Å²) in [5, 5.41) is 11.0. The second-order valence-corrected chi connectivity index (χ2v) is 6.23. The molecule has 0 bridgehead atoms. The van der Waals surface area contributed by atoms with Gasteiger partial charge in [0.1, 0.15) is 5.76 Å². The summed E-state index contributed by atoms with van der Waals surface area (Å²) in [7, 11) is 1.23. The van der Waals surface area contributed by atoms with E-state index in [1.54, 1.807) is 42.5 Å². The van der Waals surface area contributed by atoms with Gasteiger partial charge in [0.05, 0.1) is 19.1 Å². The van der Waals surface area contributed by atoms with E-state index in [0.717, 1.165) is 0 Å². The van der Waals surface area contributed by atoms with Crippen LogP contribution in [0.2, 0.25) is 5.02 Å². The molecule has 1 aliphatic carbocycles. The summed E-state index contributed by atoms with van der Waals surface area (Å²) in [6, 6.07) is 13.0. The largest absolute Gasteiger partial charge is 0.507 e. The van der Waals surface area contributed by atoms with Crippen LogP contribution in [0.25, 0.3) is 5.76 Å². The molecule has 0 fully saturated rings. The lowest BCUT2D eigenvalue weighted by Gasteiger charge is -2.25. The van der Waals surface area contributed by atoms with Crippen LogP contribution in [-0.4, -0.2) is 29.8 Å². The summed E-state index contributed by atoms with van der Waals surface area (Å²) < 4.78 is 4.72. The number of ketones is 2. The van der Waals surface area contributed by atoms with Gasteiger partial charge < -0.3 is 9.84 Å². The molecule has 0 aliphatic heterocycles. The summed E-state index contributed by atoms with van der Waals surface area (Å²) in [5.74, 6) is -3.39. The number of rotatable bonds is 4. The predicted molar refractivity (Wildman–Crippen MR) is 96.2 cm³/mol. The number of methoxy groups -OCH3 is 1. The van der Waals surface area contributed by atoms with Crippen molar-refractivity contribution < 1.29 is 24.2 Å². The van der Waals surface area contributed by atoms with Crippen LogP contribution in [0, 0.1) is 0 Å². The maximum Gasteiger partial charge on any atom is 0.306 e. The van der Waals surface area contributed by atoms with E-state index in [1.165, 1.54) is 13.2 Å². The van der Waals surface area contributed by atoms with Crippen molar-refractivity contribution in [3.63, 3.8) is 0 Å². The third kappa shape index (κ3) is 3.02. The normalized spacial score (nSPS) is 14.8. The highest BCUT2D eigenvalue weighted by Crippen LogP contribution is 2.40. The number of carbonyl (C=O) groups is 3. The number of allylic oxidation sites excluding steroid dienone is 1. The Bertz CT molecular complexity index is 945. The van der Waals surface area contributed by atoms with Crippen LogP contribution in [0.1, 0.15) is 33.8 Å². The third-order valence-corrected chi connectivity index (χ3v) is 4.70. The Morgan fingerprint density at radius 1 is 1.04 bits per heavy atom. The van der Waals surface area contributed by atoms with E-state index in [-0.39, 0.29) is 28.9 Å². The molecule has 0 heterocycles. The highest BCUT2D eigenvalue weighted by Gasteiger charge is 2.38. The molecule has 6 heteroatoms. The summed E-state index contributed by atoms with van der Waals surface area (Å²) in [4.78, 5) is 37.2. The molecule has 2 aromatic carbocycles. The number of carbonyl (C=O) groups excluding carboxylic acids is 3. The van der Waals surface area contributed by atoms with Crippen molar-refractivity contribution in [2.75, 3.05) is 7.11 Å². The van der Waals surface area contributed by atoms with Gasteiger partial charge in [-0.1, -0.05) is 54.1 Å². The van der Waals surface area contributed by atoms with E-state index in [0.29, 0.717) is 10.6 Å². The van der Waals surface area contributed by atoms with Crippen molar-refractivity contribution in [3.8, 4) is 0 Å². The fourth-order valence-corrected chi connectivity index (χ4v) is 3.35. The summed E-state index contributed by atoms with van der Waals surface area (Å²) in [6.45, 7) is 0. The molecule has 0 unspecified atom stereocenters. The molecule has 2 aromatic rings. The van der Waals surface area contributed by atoms with E-state index < -0.39 is 23.5 Å². The fourth-order valence-electron chi connectivity index (χ4n) is 3.08. The van der Waals surface area contributed by atoms with Gasteiger partial charge in [0.2, 0.25) is 11.6 Å². The monoisotopic (exact) mass is 370 g/mol. The number of hydrogen-bond donors (Lipinski definition) is 1. The first-order valence-corrected chi connectivity index (χ1v) is 8.26. The van der Waals surface area contributed by atoms with Crippen molar-refractivity contribution >= 4 is 34.9 Å². The van der Waals surface area contributed by atoms with Gasteiger partial charge in [0.25, 0.3) is 0 Å². The average Bonchev–Trinajstić information content (AvgIpc) is 2.66. The number of Topliss-reactive ketones (excluding diaryl/α,β-unsaturated/α-hetero) is 2. The Labute approximate surface area is 154 Å². The van der Waals surface area contributed by atoms with Gasteiger partial charge in [0.15, 0.2) is 0 Å². The van der Waals surface area contributed by atoms with Crippen LogP contribution in [0.4, 0.5) is 0 Å². The smallest absolute Gasteiger partial charge is 0.306 e. The molecule has 26 heavy (non-hydrogen) atoms. The minimum atomic E-state index is -0.902. The third-order valence-electron chi connectivity index (χ3n) is 4.36. The molecule has 0 spiro atoms. The average molecular weight is 371 g/mol. The molecule has 0 amide bonds. The second kappa shape index (κ2) is 7.14. The maximum atomic E-state index is 12.7. The standard InChI is InChI=1S/C20H15ClO5/c1-26-16(22)10-14(11-6-4-5-9-15(11)21)17-18(23)12-7-2-3-8-13(12)19(24)20(17)25/h2-9,14,23H,10H2,1H3/t14-/m0/s1. The van der Waals surface area contributed by atoms with Crippen molar-refractivity contribution in [1.29, 1.82) is 0 Å². The zero-order valence-corrected chi connectivity index (χ0v) is 14.6. The lowest BCUT2D eigenvalue weighted by molar-refractivity contribution is -0.140.